The number of ether oxygens (including phenoxy) is 1. The summed E-state index contributed by atoms with van der Waals surface area (Å²) in [4.78, 5) is 0. The van der Waals surface area contributed by atoms with Gasteiger partial charge in [-0.1, -0.05) is 0 Å². The summed E-state index contributed by atoms with van der Waals surface area (Å²) in [5.41, 5.74) is 0. The highest BCUT2D eigenvalue weighted by Gasteiger charge is 2.51. The van der Waals surface area contributed by atoms with Gasteiger partial charge in [0.15, 0.2) is 0 Å². The van der Waals surface area contributed by atoms with Crippen LogP contribution in [0.15, 0.2) is 0 Å². The van der Waals surface area contributed by atoms with Crippen LogP contribution in [-0.4, -0.2) is 125 Å². The van der Waals surface area contributed by atoms with Gasteiger partial charge in [-0.15, -0.1) is 0 Å². The molecule has 1 saturated heterocycles. The maximum absolute atomic E-state index is 9.95. The van der Waals surface area contributed by atoms with Crippen molar-refractivity contribution in [3.63, 3.8) is 0 Å². The molecule has 0 bridgehead atoms. The number of hydrogen-bond acceptors (Lipinski definition) is 11. The van der Waals surface area contributed by atoms with Gasteiger partial charge < -0.3 is 55.8 Å². The third-order valence-electron chi connectivity index (χ3n) is 3.87. The summed E-state index contributed by atoms with van der Waals surface area (Å²) in [6.45, 7) is -1.70. The molecule has 23 heavy (non-hydrogen) atoms. The van der Waals surface area contributed by atoms with Gasteiger partial charge in [-0.2, -0.15) is 0 Å². The fourth-order valence-corrected chi connectivity index (χ4v) is 2.37. The molecule has 0 saturated carbocycles. The van der Waals surface area contributed by atoms with E-state index in [4.69, 9.17) is 14.9 Å². The van der Waals surface area contributed by atoms with Crippen molar-refractivity contribution in [3.8, 4) is 0 Å². The molecule has 1 fully saturated rings. The van der Waals surface area contributed by atoms with Crippen LogP contribution in [-0.2, 0) is 4.74 Å². The van der Waals surface area contributed by atoms with Crippen molar-refractivity contribution in [2.24, 2.45) is 0 Å². The van der Waals surface area contributed by atoms with Gasteiger partial charge in [0.2, 0.25) is 0 Å². The zero-order valence-corrected chi connectivity index (χ0v) is 12.1. The molecule has 11 heteroatoms. The molecule has 0 aliphatic carbocycles. The summed E-state index contributed by atoms with van der Waals surface area (Å²) in [5, 5.41) is 94.6. The van der Waals surface area contributed by atoms with Gasteiger partial charge >= 0.3 is 0 Å². The van der Waals surface area contributed by atoms with Crippen molar-refractivity contribution in [2.45, 2.75) is 61.0 Å². The van der Waals surface area contributed by atoms with Crippen LogP contribution in [0.4, 0.5) is 0 Å². The van der Waals surface area contributed by atoms with Crippen molar-refractivity contribution >= 4 is 0 Å². The molecule has 0 radical (unpaired) electrons. The van der Waals surface area contributed by atoms with Crippen molar-refractivity contribution < 1.29 is 55.8 Å². The highest BCUT2D eigenvalue weighted by molar-refractivity contribution is 5.00. The van der Waals surface area contributed by atoms with Crippen LogP contribution in [0.2, 0.25) is 0 Å². The molecular formula is C12H24O11. The molecule has 1 rings (SSSR count). The molecule has 11 nitrogen and oxygen atoms in total. The van der Waals surface area contributed by atoms with Gasteiger partial charge in [0, 0.05) is 0 Å². The molecule has 0 amide bonds. The first-order valence-corrected chi connectivity index (χ1v) is 6.99. The Labute approximate surface area is 131 Å². The van der Waals surface area contributed by atoms with E-state index in [1.165, 1.54) is 0 Å². The predicted molar refractivity (Wildman–Crippen MR) is 70.9 cm³/mol. The summed E-state index contributed by atoms with van der Waals surface area (Å²) in [5.74, 6) is 0. The summed E-state index contributed by atoms with van der Waals surface area (Å²) < 4.78 is 5.01. The highest BCUT2D eigenvalue weighted by Crippen LogP contribution is 2.28. The van der Waals surface area contributed by atoms with E-state index < -0.39 is 74.3 Å². The van der Waals surface area contributed by atoms with E-state index in [1.807, 2.05) is 0 Å². The first-order valence-electron chi connectivity index (χ1n) is 6.99. The molecule has 0 aromatic rings. The summed E-state index contributed by atoms with van der Waals surface area (Å²) in [7, 11) is 0. The Morgan fingerprint density at radius 1 is 0.696 bits per heavy atom. The zero-order valence-electron chi connectivity index (χ0n) is 12.1. The molecule has 10 atom stereocenters. The molecule has 1 aliphatic heterocycles. The molecule has 0 aromatic carbocycles. The van der Waals surface area contributed by atoms with E-state index in [-0.39, 0.29) is 0 Å². The Kier molecular flexibility index (Phi) is 7.70. The quantitative estimate of drug-likeness (QED) is 0.200. The van der Waals surface area contributed by atoms with E-state index in [0.717, 1.165) is 0 Å². The maximum Gasteiger partial charge on any atom is 0.115 e. The third kappa shape index (κ3) is 4.35. The lowest BCUT2D eigenvalue weighted by molar-refractivity contribution is -0.176. The van der Waals surface area contributed by atoms with Crippen LogP contribution >= 0.6 is 0 Å². The fourth-order valence-electron chi connectivity index (χ4n) is 2.37. The van der Waals surface area contributed by atoms with Crippen LogP contribution in [0, 0.1) is 0 Å². The Morgan fingerprint density at radius 2 is 1.22 bits per heavy atom. The van der Waals surface area contributed by atoms with Crippen molar-refractivity contribution in [2.75, 3.05) is 13.2 Å². The van der Waals surface area contributed by atoms with Gasteiger partial charge in [-0.05, 0) is 0 Å². The second kappa shape index (κ2) is 8.60. The second-order valence-corrected chi connectivity index (χ2v) is 5.51. The normalized spacial score (nSPS) is 36.3. The standard InChI is InChI=1S/C12H24O11/c13-1-3(15)5(17)6(18)7(19)8(20)12-10(22)9(21)11(23-12)4(16)2-14/h3-22H,1-2H2/t3-,4-,5-,6+,7-,8?,9-,10-,11-,12?/m1/s1. The third-order valence-corrected chi connectivity index (χ3v) is 3.87. The van der Waals surface area contributed by atoms with E-state index in [1.54, 1.807) is 0 Å². The lowest BCUT2D eigenvalue weighted by Gasteiger charge is -2.31. The lowest BCUT2D eigenvalue weighted by Crippen LogP contribution is -2.54. The van der Waals surface area contributed by atoms with E-state index in [0.29, 0.717) is 0 Å². The topological polar surface area (TPSA) is 212 Å². The molecule has 0 spiro atoms. The average molecular weight is 344 g/mol. The predicted octanol–water partition coefficient (Wildman–Crippen LogP) is -6.37. The first kappa shape index (κ1) is 20.6. The van der Waals surface area contributed by atoms with Gasteiger partial charge in [0.25, 0.3) is 0 Å². The lowest BCUT2D eigenvalue weighted by atomic mass is 9.93. The number of aliphatic hydroxyl groups excluding tert-OH is 10. The van der Waals surface area contributed by atoms with Gasteiger partial charge in [-0.3, -0.25) is 0 Å². The van der Waals surface area contributed by atoms with E-state index in [9.17, 15) is 40.9 Å². The Morgan fingerprint density at radius 3 is 1.70 bits per heavy atom. The van der Waals surface area contributed by atoms with Gasteiger partial charge in [0.05, 0.1) is 13.2 Å². The molecule has 138 valence electrons. The number of aliphatic hydroxyl groups is 10. The second-order valence-electron chi connectivity index (χ2n) is 5.51. The Balaban J connectivity index is 2.78. The molecule has 2 unspecified atom stereocenters. The molecule has 1 aliphatic rings. The first-order chi connectivity index (χ1) is 10.7. The van der Waals surface area contributed by atoms with Crippen LogP contribution in [0.5, 0.6) is 0 Å². The summed E-state index contributed by atoms with van der Waals surface area (Å²) in [6.07, 6.45) is -18.0. The van der Waals surface area contributed by atoms with Crippen molar-refractivity contribution in [3.05, 3.63) is 0 Å². The van der Waals surface area contributed by atoms with Crippen LogP contribution in [0.1, 0.15) is 0 Å². The molecule has 10 N–H and O–H groups in total. The minimum Gasteiger partial charge on any atom is -0.394 e. The molecule has 1 heterocycles. The minimum absolute atomic E-state index is 0.788. The Bertz CT molecular complexity index is 356. The van der Waals surface area contributed by atoms with Gasteiger partial charge in [-0.25, -0.2) is 0 Å². The van der Waals surface area contributed by atoms with Crippen LogP contribution in [0.3, 0.4) is 0 Å². The molecular weight excluding hydrogens is 320 g/mol. The van der Waals surface area contributed by atoms with Gasteiger partial charge in [0.1, 0.15) is 61.0 Å². The number of hydrogen-bond donors (Lipinski definition) is 10. The zero-order chi connectivity index (χ0) is 17.9. The van der Waals surface area contributed by atoms with E-state index >= 15 is 0 Å². The van der Waals surface area contributed by atoms with Crippen molar-refractivity contribution in [1.29, 1.82) is 0 Å². The largest absolute Gasteiger partial charge is 0.394 e. The van der Waals surface area contributed by atoms with Crippen LogP contribution in [0.25, 0.3) is 0 Å². The molecule has 0 aromatic heterocycles. The van der Waals surface area contributed by atoms with Crippen LogP contribution < -0.4 is 0 Å². The Hall–Kier alpha value is -0.440. The smallest absolute Gasteiger partial charge is 0.115 e. The van der Waals surface area contributed by atoms with Crippen molar-refractivity contribution in [1.82, 2.24) is 0 Å². The SMILES string of the molecule is OC[C@@H](O)[C@@H](O)[C@H](O)[C@@H](O)C(O)C1O[C@H]([C@H](O)CO)[C@H](O)[C@H]1O. The minimum atomic E-state index is -2.11. The van der Waals surface area contributed by atoms with E-state index in [2.05, 4.69) is 0 Å². The monoisotopic (exact) mass is 344 g/mol. The highest BCUT2D eigenvalue weighted by atomic mass is 16.6. The fraction of sp³-hybridized carbons (Fsp3) is 1.00. The maximum atomic E-state index is 9.95. The number of rotatable bonds is 8. The average Bonchev–Trinajstić information content (AvgIpc) is 2.86. The summed E-state index contributed by atoms with van der Waals surface area (Å²) in [6, 6.07) is 0. The summed E-state index contributed by atoms with van der Waals surface area (Å²) >= 11 is 0.